The summed E-state index contributed by atoms with van der Waals surface area (Å²) in [4.78, 5) is 26.7. The Kier molecular flexibility index (Phi) is 8.20. The van der Waals surface area contributed by atoms with Gasteiger partial charge in [-0.3, -0.25) is 4.90 Å². The summed E-state index contributed by atoms with van der Waals surface area (Å²) in [5, 5.41) is 14.9. The lowest BCUT2D eigenvalue weighted by Gasteiger charge is -2.34. The zero-order valence-electron chi connectivity index (χ0n) is 17.7. The summed E-state index contributed by atoms with van der Waals surface area (Å²) in [6, 6.07) is 19.7. The minimum Gasteiger partial charge on any atom is -0.463 e. The third-order valence-electron chi connectivity index (χ3n) is 5.14. The molecule has 0 radical (unpaired) electrons. The molecule has 0 fully saturated rings. The first kappa shape index (κ1) is 22.5. The number of nitrogens with zero attached hydrogens (tertiary/aromatic N) is 1. The van der Waals surface area contributed by atoms with E-state index < -0.39 is 5.97 Å². The Hall–Kier alpha value is -3.16. The van der Waals surface area contributed by atoms with E-state index in [4.69, 9.17) is 4.74 Å². The Balaban J connectivity index is 2.01. The van der Waals surface area contributed by atoms with Crippen LogP contribution in [-0.4, -0.2) is 54.9 Å². The fraction of sp³-hybridized carbons (Fsp3) is 0.333. The highest BCUT2D eigenvalue weighted by Gasteiger charge is 2.28. The van der Waals surface area contributed by atoms with Gasteiger partial charge in [0.05, 0.1) is 24.8 Å². The van der Waals surface area contributed by atoms with Crippen LogP contribution in [-0.2, 0) is 9.53 Å². The molecular weight excluding hydrogens is 394 g/mol. The largest absolute Gasteiger partial charge is 0.463 e. The molecule has 0 atom stereocenters. The SMILES string of the molecule is CCOC(=O)C1=C(CN(CCCO)C(c2ccccc2)c2ccccc2)NC(=O)NC1. The molecule has 0 saturated carbocycles. The molecular formula is C24H29N3O4. The van der Waals surface area contributed by atoms with Gasteiger partial charge in [-0.15, -0.1) is 0 Å². The van der Waals surface area contributed by atoms with Crippen LogP contribution in [0.3, 0.4) is 0 Å². The van der Waals surface area contributed by atoms with E-state index in [1.807, 2.05) is 36.4 Å². The summed E-state index contributed by atoms with van der Waals surface area (Å²) in [7, 11) is 0. The third kappa shape index (κ3) is 5.93. The molecule has 1 aliphatic rings. The molecule has 31 heavy (non-hydrogen) atoms. The van der Waals surface area contributed by atoms with Crippen molar-refractivity contribution in [3.05, 3.63) is 83.1 Å². The van der Waals surface area contributed by atoms with Crippen molar-refractivity contribution in [3.63, 3.8) is 0 Å². The normalized spacial score (nSPS) is 13.9. The molecule has 2 aromatic rings. The summed E-state index contributed by atoms with van der Waals surface area (Å²) in [6.45, 7) is 3.08. The second-order valence-corrected chi connectivity index (χ2v) is 7.26. The van der Waals surface area contributed by atoms with Crippen molar-refractivity contribution in [2.24, 2.45) is 0 Å². The molecule has 164 valence electrons. The molecule has 7 nitrogen and oxygen atoms in total. The monoisotopic (exact) mass is 423 g/mol. The summed E-state index contributed by atoms with van der Waals surface area (Å²) < 4.78 is 5.19. The number of carbonyl (C=O) groups excluding carboxylic acids is 2. The van der Waals surface area contributed by atoms with Gasteiger partial charge in [-0.2, -0.15) is 0 Å². The van der Waals surface area contributed by atoms with Crippen LogP contribution in [0.5, 0.6) is 0 Å². The first-order valence-corrected chi connectivity index (χ1v) is 10.5. The van der Waals surface area contributed by atoms with E-state index >= 15 is 0 Å². The second-order valence-electron chi connectivity index (χ2n) is 7.26. The number of urea groups is 1. The first-order chi connectivity index (χ1) is 15.1. The molecule has 2 aromatic carbocycles. The number of aliphatic hydroxyl groups is 1. The van der Waals surface area contributed by atoms with Crippen LogP contribution < -0.4 is 10.6 Å². The Morgan fingerprint density at radius 3 is 2.26 bits per heavy atom. The van der Waals surface area contributed by atoms with Crippen molar-refractivity contribution in [2.75, 3.05) is 32.8 Å². The zero-order valence-corrected chi connectivity index (χ0v) is 17.7. The van der Waals surface area contributed by atoms with Crippen molar-refractivity contribution >= 4 is 12.0 Å². The molecule has 1 heterocycles. The van der Waals surface area contributed by atoms with E-state index in [1.54, 1.807) is 6.92 Å². The summed E-state index contributed by atoms with van der Waals surface area (Å²) in [5.41, 5.74) is 3.11. The van der Waals surface area contributed by atoms with Crippen LogP contribution in [0.2, 0.25) is 0 Å². The zero-order chi connectivity index (χ0) is 22.1. The standard InChI is InChI=1S/C24H29N3O4/c1-2-31-23(29)20-16-25-24(30)26-21(20)17-27(14-9-15-28)22(18-10-5-3-6-11-18)19-12-7-4-8-13-19/h3-8,10-13,22,28H,2,9,14-17H2,1H3,(H2,25,26,30). The number of aliphatic hydroxyl groups excluding tert-OH is 1. The molecule has 0 aromatic heterocycles. The molecule has 3 rings (SSSR count). The molecule has 0 saturated heterocycles. The second kappa shape index (κ2) is 11.3. The number of ether oxygens (including phenoxy) is 1. The van der Waals surface area contributed by atoms with Gasteiger partial charge in [0, 0.05) is 25.4 Å². The lowest BCUT2D eigenvalue weighted by atomic mass is 9.96. The maximum Gasteiger partial charge on any atom is 0.337 e. The highest BCUT2D eigenvalue weighted by Crippen LogP contribution is 2.30. The molecule has 0 bridgehead atoms. The van der Waals surface area contributed by atoms with Gasteiger partial charge in [0.1, 0.15) is 0 Å². The van der Waals surface area contributed by atoms with Crippen molar-refractivity contribution in [1.82, 2.24) is 15.5 Å². The average Bonchev–Trinajstić information content (AvgIpc) is 2.79. The van der Waals surface area contributed by atoms with Crippen LogP contribution in [0.25, 0.3) is 0 Å². The van der Waals surface area contributed by atoms with Gasteiger partial charge in [-0.05, 0) is 24.5 Å². The molecule has 1 aliphatic heterocycles. The quantitative estimate of drug-likeness (QED) is 0.511. The van der Waals surface area contributed by atoms with E-state index in [0.717, 1.165) is 11.1 Å². The number of hydrogen-bond acceptors (Lipinski definition) is 5. The maximum absolute atomic E-state index is 12.5. The number of rotatable bonds is 10. The average molecular weight is 424 g/mol. The number of carbonyl (C=O) groups is 2. The van der Waals surface area contributed by atoms with Crippen LogP contribution >= 0.6 is 0 Å². The van der Waals surface area contributed by atoms with Crippen LogP contribution in [0.15, 0.2) is 71.9 Å². The minimum absolute atomic E-state index is 0.0461. The van der Waals surface area contributed by atoms with E-state index in [9.17, 15) is 14.7 Å². The number of nitrogens with one attached hydrogen (secondary N) is 2. The van der Waals surface area contributed by atoms with E-state index in [-0.39, 0.29) is 31.8 Å². The van der Waals surface area contributed by atoms with Gasteiger partial charge in [0.15, 0.2) is 0 Å². The van der Waals surface area contributed by atoms with E-state index in [1.165, 1.54) is 0 Å². The fourth-order valence-electron chi connectivity index (χ4n) is 3.74. The van der Waals surface area contributed by atoms with Gasteiger partial charge in [0.2, 0.25) is 0 Å². The summed E-state index contributed by atoms with van der Waals surface area (Å²) in [5.74, 6) is -0.442. The van der Waals surface area contributed by atoms with E-state index in [2.05, 4.69) is 39.8 Å². The Morgan fingerprint density at radius 1 is 1.10 bits per heavy atom. The molecule has 0 unspecified atom stereocenters. The Morgan fingerprint density at radius 2 is 1.71 bits per heavy atom. The highest BCUT2D eigenvalue weighted by atomic mass is 16.5. The van der Waals surface area contributed by atoms with Crippen molar-refractivity contribution in [2.45, 2.75) is 19.4 Å². The highest BCUT2D eigenvalue weighted by molar-refractivity contribution is 5.93. The summed E-state index contributed by atoms with van der Waals surface area (Å²) >= 11 is 0. The van der Waals surface area contributed by atoms with Crippen molar-refractivity contribution in [3.8, 4) is 0 Å². The Labute approximate surface area is 182 Å². The predicted octanol–water partition coefficient (Wildman–Crippen LogP) is 2.59. The molecule has 2 amide bonds. The van der Waals surface area contributed by atoms with Gasteiger partial charge in [0.25, 0.3) is 0 Å². The number of amides is 2. The molecule has 0 aliphatic carbocycles. The summed E-state index contributed by atoms with van der Waals surface area (Å²) in [6.07, 6.45) is 0.560. The van der Waals surface area contributed by atoms with Gasteiger partial charge in [-0.1, -0.05) is 60.7 Å². The van der Waals surface area contributed by atoms with Crippen molar-refractivity contribution in [1.29, 1.82) is 0 Å². The Bertz CT molecular complexity index is 860. The molecule has 3 N–H and O–H groups in total. The van der Waals surface area contributed by atoms with Crippen LogP contribution in [0.1, 0.15) is 30.5 Å². The molecule has 7 heteroatoms. The van der Waals surface area contributed by atoms with Gasteiger partial charge in [-0.25, -0.2) is 9.59 Å². The first-order valence-electron chi connectivity index (χ1n) is 10.5. The topological polar surface area (TPSA) is 90.9 Å². The third-order valence-corrected chi connectivity index (χ3v) is 5.14. The predicted molar refractivity (Wildman–Crippen MR) is 118 cm³/mol. The van der Waals surface area contributed by atoms with Crippen LogP contribution in [0.4, 0.5) is 4.79 Å². The molecule has 0 spiro atoms. The van der Waals surface area contributed by atoms with Crippen molar-refractivity contribution < 1.29 is 19.4 Å². The van der Waals surface area contributed by atoms with E-state index in [0.29, 0.717) is 30.8 Å². The minimum atomic E-state index is -0.442. The van der Waals surface area contributed by atoms with Crippen LogP contribution in [0, 0.1) is 0 Å². The lowest BCUT2D eigenvalue weighted by molar-refractivity contribution is -0.138. The lowest BCUT2D eigenvalue weighted by Crippen LogP contribution is -2.47. The van der Waals surface area contributed by atoms with Gasteiger partial charge < -0.3 is 20.5 Å². The fourth-order valence-corrected chi connectivity index (χ4v) is 3.74. The number of hydrogen-bond donors (Lipinski definition) is 3. The number of benzene rings is 2. The van der Waals surface area contributed by atoms with Gasteiger partial charge >= 0.3 is 12.0 Å². The number of esters is 1. The maximum atomic E-state index is 12.5. The smallest absolute Gasteiger partial charge is 0.337 e.